The predicted molar refractivity (Wildman–Crippen MR) is 97.0 cm³/mol. The van der Waals surface area contributed by atoms with Gasteiger partial charge in [-0.1, -0.05) is 0 Å². The molecular weight excluding hydrogens is 352 g/mol. The van der Waals surface area contributed by atoms with Crippen molar-refractivity contribution in [3.8, 4) is 6.07 Å². The van der Waals surface area contributed by atoms with Gasteiger partial charge in [-0.2, -0.15) is 5.26 Å². The number of nitriles is 1. The number of benzene rings is 1. The summed E-state index contributed by atoms with van der Waals surface area (Å²) in [5.41, 5.74) is 0.503. The van der Waals surface area contributed by atoms with E-state index in [0.29, 0.717) is 11.6 Å². The lowest BCUT2D eigenvalue weighted by atomic mass is 10.2. The third-order valence-electron chi connectivity index (χ3n) is 5.05. The smallest absolute Gasteiger partial charge is 0.253 e. The van der Waals surface area contributed by atoms with E-state index in [1.54, 1.807) is 12.1 Å². The molecule has 8 heteroatoms. The predicted octanol–water partition coefficient (Wildman–Crippen LogP) is 1.19. The molecule has 1 aromatic carbocycles. The summed E-state index contributed by atoms with van der Waals surface area (Å²) in [5.74, 6) is -0.0481. The van der Waals surface area contributed by atoms with Gasteiger partial charge in [-0.15, -0.1) is 0 Å². The number of carbonyl (C=O) groups excluding carboxylic acids is 1. The summed E-state index contributed by atoms with van der Waals surface area (Å²) >= 11 is 0. The van der Waals surface area contributed by atoms with E-state index >= 15 is 0 Å². The SMILES string of the molecule is N#CCCNS(=O)(=O)c1ccc(C(=O)N2CCC(N3CCCC3)C2)cc1. The van der Waals surface area contributed by atoms with Crippen LogP contribution in [0.15, 0.2) is 29.2 Å². The highest BCUT2D eigenvalue weighted by Gasteiger charge is 2.32. The first-order valence-corrected chi connectivity index (χ1v) is 10.5. The van der Waals surface area contributed by atoms with Crippen LogP contribution in [0.2, 0.25) is 0 Å². The Labute approximate surface area is 154 Å². The molecule has 26 heavy (non-hydrogen) atoms. The summed E-state index contributed by atoms with van der Waals surface area (Å²) < 4.78 is 26.6. The summed E-state index contributed by atoms with van der Waals surface area (Å²) in [6.07, 6.45) is 3.59. The molecule has 2 heterocycles. The highest BCUT2D eigenvalue weighted by atomic mass is 32.2. The van der Waals surface area contributed by atoms with Gasteiger partial charge in [-0.05, 0) is 56.6 Å². The second kappa shape index (κ2) is 8.16. The molecule has 1 amide bonds. The molecule has 2 aliphatic rings. The number of rotatable bonds is 6. The Morgan fingerprint density at radius 3 is 2.54 bits per heavy atom. The molecule has 0 spiro atoms. The molecule has 2 aliphatic heterocycles. The molecule has 140 valence electrons. The Morgan fingerprint density at radius 1 is 1.19 bits per heavy atom. The number of hydrogen-bond donors (Lipinski definition) is 1. The Balaban J connectivity index is 1.61. The normalized spacial score (nSPS) is 21.0. The molecule has 3 rings (SSSR count). The minimum Gasteiger partial charge on any atom is -0.337 e. The summed E-state index contributed by atoms with van der Waals surface area (Å²) in [6, 6.07) is 8.34. The van der Waals surface area contributed by atoms with Crippen molar-refractivity contribution in [3.63, 3.8) is 0 Å². The first-order chi connectivity index (χ1) is 12.5. The average Bonchev–Trinajstić information content (AvgIpc) is 3.33. The van der Waals surface area contributed by atoms with Gasteiger partial charge < -0.3 is 4.90 Å². The van der Waals surface area contributed by atoms with Crippen molar-refractivity contribution in [2.24, 2.45) is 0 Å². The molecule has 1 N–H and O–H groups in total. The van der Waals surface area contributed by atoms with Gasteiger partial charge in [-0.3, -0.25) is 9.69 Å². The van der Waals surface area contributed by atoms with Crippen molar-refractivity contribution >= 4 is 15.9 Å². The number of nitrogens with one attached hydrogen (secondary N) is 1. The zero-order valence-electron chi connectivity index (χ0n) is 14.7. The lowest BCUT2D eigenvalue weighted by molar-refractivity contribution is 0.0780. The van der Waals surface area contributed by atoms with Gasteiger partial charge in [0.05, 0.1) is 11.0 Å². The molecule has 1 atom stereocenters. The van der Waals surface area contributed by atoms with Gasteiger partial charge in [0.2, 0.25) is 10.0 Å². The largest absolute Gasteiger partial charge is 0.337 e. The monoisotopic (exact) mass is 376 g/mol. The van der Waals surface area contributed by atoms with Crippen molar-refractivity contribution in [2.45, 2.75) is 36.6 Å². The van der Waals surface area contributed by atoms with Crippen LogP contribution in [0.1, 0.15) is 36.0 Å². The fourth-order valence-corrected chi connectivity index (χ4v) is 4.65. The lowest BCUT2D eigenvalue weighted by Crippen LogP contribution is -2.37. The molecular formula is C18H24N4O3S. The minimum atomic E-state index is -3.65. The third kappa shape index (κ3) is 4.23. The number of amides is 1. The van der Waals surface area contributed by atoms with Gasteiger partial charge in [0, 0.05) is 37.7 Å². The highest BCUT2D eigenvalue weighted by molar-refractivity contribution is 7.89. The fourth-order valence-electron chi connectivity index (χ4n) is 3.61. The van der Waals surface area contributed by atoms with Gasteiger partial charge in [0.15, 0.2) is 0 Å². The van der Waals surface area contributed by atoms with Crippen LogP contribution in [0.4, 0.5) is 0 Å². The summed E-state index contributed by atoms with van der Waals surface area (Å²) in [7, 11) is -3.65. The zero-order chi connectivity index (χ0) is 18.6. The van der Waals surface area contributed by atoms with Crippen molar-refractivity contribution in [3.05, 3.63) is 29.8 Å². The van der Waals surface area contributed by atoms with E-state index in [1.165, 1.54) is 25.0 Å². The van der Waals surface area contributed by atoms with E-state index in [1.807, 2.05) is 11.0 Å². The number of nitrogens with zero attached hydrogens (tertiary/aromatic N) is 3. The van der Waals surface area contributed by atoms with Crippen LogP contribution < -0.4 is 4.72 Å². The third-order valence-corrected chi connectivity index (χ3v) is 6.53. The number of sulfonamides is 1. The standard InChI is InChI=1S/C18H24N4O3S/c19-9-3-10-20-26(24,25)17-6-4-15(5-7-17)18(23)22-13-8-16(14-22)21-11-1-2-12-21/h4-7,16,20H,1-3,8,10-14H2. The van der Waals surface area contributed by atoms with Gasteiger partial charge in [-0.25, -0.2) is 13.1 Å². The molecule has 0 bridgehead atoms. The molecule has 0 aromatic heterocycles. The van der Waals surface area contributed by atoms with E-state index in [2.05, 4.69) is 9.62 Å². The molecule has 2 saturated heterocycles. The second-order valence-corrected chi connectivity index (χ2v) is 8.53. The van der Waals surface area contributed by atoms with Crippen molar-refractivity contribution in [2.75, 3.05) is 32.7 Å². The summed E-state index contributed by atoms with van der Waals surface area (Å²) in [4.78, 5) is 17.1. The van der Waals surface area contributed by atoms with Crippen LogP contribution in [-0.2, 0) is 10.0 Å². The van der Waals surface area contributed by atoms with Crippen LogP contribution in [0.5, 0.6) is 0 Å². The summed E-state index contributed by atoms with van der Waals surface area (Å²) in [5, 5.41) is 8.49. The van der Waals surface area contributed by atoms with Crippen molar-refractivity contribution < 1.29 is 13.2 Å². The minimum absolute atomic E-state index is 0.0481. The van der Waals surface area contributed by atoms with E-state index in [9.17, 15) is 13.2 Å². The molecule has 1 unspecified atom stereocenters. The lowest BCUT2D eigenvalue weighted by Gasteiger charge is -2.23. The summed E-state index contributed by atoms with van der Waals surface area (Å²) in [6.45, 7) is 3.81. The molecule has 2 fully saturated rings. The van der Waals surface area contributed by atoms with Crippen LogP contribution in [0.25, 0.3) is 0 Å². The van der Waals surface area contributed by atoms with E-state index < -0.39 is 10.0 Å². The van der Waals surface area contributed by atoms with Crippen molar-refractivity contribution in [1.82, 2.24) is 14.5 Å². The van der Waals surface area contributed by atoms with Crippen LogP contribution in [0, 0.1) is 11.3 Å². The first-order valence-electron chi connectivity index (χ1n) is 9.01. The average molecular weight is 376 g/mol. The number of hydrogen-bond acceptors (Lipinski definition) is 5. The van der Waals surface area contributed by atoms with Gasteiger partial charge >= 0.3 is 0 Å². The molecule has 0 saturated carbocycles. The Hall–Kier alpha value is -1.95. The van der Waals surface area contributed by atoms with Crippen LogP contribution >= 0.6 is 0 Å². The van der Waals surface area contributed by atoms with Crippen molar-refractivity contribution in [1.29, 1.82) is 5.26 Å². The zero-order valence-corrected chi connectivity index (χ0v) is 15.5. The number of likely N-dealkylation sites (tertiary alicyclic amines) is 2. The van der Waals surface area contributed by atoms with Crippen LogP contribution in [-0.4, -0.2) is 62.9 Å². The number of carbonyl (C=O) groups is 1. The first kappa shape index (κ1) is 18.8. The quantitative estimate of drug-likeness (QED) is 0.753. The Bertz CT molecular complexity index is 780. The topological polar surface area (TPSA) is 93.5 Å². The van der Waals surface area contributed by atoms with Gasteiger partial charge in [0.25, 0.3) is 5.91 Å². The maximum atomic E-state index is 12.7. The molecule has 0 aliphatic carbocycles. The Morgan fingerprint density at radius 2 is 1.88 bits per heavy atom. The van der Waals surface area contributed by atoms with E-state index in [-0.39, 0.29) is 23.8 Å². The molecule has 1 aromatic rings. The van der Waals surface area contributed by atoms with E-state index in [4.69, 9.17) is 5.26 Å². The fraction of sp³-hybridized carbons (Fsp3) is 0.556. The van der Waals surface area contributed by atoms with Crippen LogP contribution in [0.3, 0.4) is 0 Å². The van der Waals surface area contributed by atoms with Gasteiger partial charge in [0.1, 0.15) is 0 Å². The maximum absolute atomic E-state index is 12.7. The van der Waals surface area contributed by atoms with E-state index in [0.717, 1.165) is 32.6 Å². The highest BCUT2D eigenvalue weighted by Crippen LogP contribution is 2.22. The molecule has 7 nitrogen and oxygen atoms in total. The molecule has 0 radical (unpaired) electrons. The maximum Gasteiger partial charge on any atom is 0.253 e. The second-order valence-electron chi connectivity index (χ2n) is 6.77. The Kier molecular flexibility index (Phi) is 5.91.